The van der Waals surface area contributed by atoms with Crippen LogP contribution in [-0.2, 0) is 24.3 Å². The normalized spacial score (nSPS) is 13.6. The first-order valence-electron chi connectivity index (χ1n) is 7.05. The van der Waals surface area contributed by atoms with E-state index in [4.69, 9.17) is 4.74 Å². The monoisotopic (exact) mass is 358 g/mol. The van der Waals surface area contributed by atoms with Gasteiger partial charge in [-0.25, -0.2) is 12.8 Å². The molecule has 0 aliphatic carbocycles. The van der Waals surface area contributed by atoms with E-state index in [2.05, 4.69) is 11.9 Å². The average molecular weight is 358 g/mol. The highest BCUT2D eigenvalue weighted by atomic mass is 32.2. The highest BCUT2D eigenvalue weighted by Gasteiger charge is 2.27. The topological polar surface area (TPSA) is 102 Å². The molecule has 1 amide bonds. The van der Waals surface area contributed by atoms with Crippen molar-refractivity contribution in [1.82, 2.24) is 10.0 Å². The van der Waals surface area contributed by atoms with Crippen LogP contribution in [0.5, 0.6) is 0 Å². The highest BCUT2D eigenvalue weighted by Crippen LogP contribution is 2.13. The molecule has 0 unspecified atom stereocenters. The SMILES string of the molecule is C=CCNC(=O)[C@@H](C)OC(=O)[C@H](C)NS(=O)(=O)c1ccccc1F. The van der Waals surface area contributed by atoms with Gasteiger partial charge < -0.3 is 10.1 Å². The molecule has 1 aromatic rings. The van der Waals surface area contributed by atoms with Gasteiger partial charge in [-0.1, -0.05) is 18.2 Å². The van der Waals surface area contributed by atoms with Crippen molar-refractivity contribution in [2.24, 2.45) is 0 Å². The highest BCUT2D eigenvalue weighted by molar-refractivity contribution is 7.89. The fourth-order valence-corrected chi connectivity index (χ4v) is 2.92. The third-order valence-electron chi connectivity index (χ3n) is 2.89. The molecule has 7 nitrogen and oxygen atoms in total. The van der Waals surface area contributed by atoms with Crippen molar-refractivity contribution in [3.63, 3.8) is 0 Å². The lowest BCUT2D eigenvalue weighted by Crippen LogP contribution is -2.43. The zero-order valence-corrected chi connectivity index (χ0v) is 14.1. The third-order valence-corrected chi connectivity index (χ3v) is 4.47. The maximum Gasteiger partial charge on any atom is 0.324 e. The van der Waals surface area contributed by atoms with Crippen molar-refractivity contribution in [2.45, 2.75) is 30.9 Å². The van der Waals surface area contributed by atoms with Crippen molar-refractivity contribution in [1.29, 1.82) is 0 Å². The van der Waals surface area contributed by atoms with Gasteiger partial charge in [0.2, 0.25) is 10.0 Å². The van der Waals surface area contributed by atoms with Crippen molar-refractivity contribution < 1.29 is 27.1 Å². The summed E-state index contributed by atoms with van der Waals surface area (Å²) in [6, 6.07) is 3.46. The van der Waals surface area contributed by atoms with Crippen LogP contribution in [0, 0.1) is 5.82 Å². The van der Waals surface area contributed by atoms with Crippen LogP contribution in [0.3, 0.4) is 0 Å². The van der Waals surface area contributed by atoms with Gasteiger partial charge in [-0.15, -0.1) is 6.58 Å². The van der Waals surface area contributed by atoms with Crippen LogP contribution < -0.4 is 10.0 Å². The van der Waals surface area contributed by atoms with E-state index in [0.29, 0.717) is 0 Å². The summed E-state index contributed by atoms with van der Waals surface area (Å²) in [5, 5.41) is 2.44. The zero-order chi connectivity index (χ0) is 18.3. The average Bonchev–Trinajstić information content (AvgIpc) is 2.52. The summed E-state index contributed by atoms with van der Waals surface area (Å²) >= 11 is 0. The van der Waals surface area contributed by atoms with Gasteiger partial charge >= 0.3 is 5.97 Å². The third kappa shape index (κ3) is 5.43. The molecule has 2 atom stereocenters. The van der Waals surface area contributed by atoms with Crippen LogP contribution in [0.15, 0.2) is 41.8 Å². The molecular formula is C15H19FN2O5S. The Kier molecular flexibility index (Phi) is 7.05. The number of benzene rings is 1. The lowest BCUT2D eigenvalue weighted by molar-refractivity contribution is -0.155. The fraction of sp³-hybridized carbons (Fsp3) is 0.333. The van der Waals surface area contributed by atoms with Crippen LogP contribution in [0.2, 0.25) is 0 Å². The molecule has 0 spiro atoms. The van der Waals surface area contributed by atoms with Crippen LogP contribution >= 0.6 is 0 Å². The summed E-state index contributed by atoms with van der Waals surface area (Å²) in [5.41, 5.74) is 0. The molecule has 2 N–H and O–H groups in total. The van der Waals surface area contributed by atoms with E-state index in [1.54, 1.807) is 0 Å². The van der Waals surface area contributed by atoms with Crippen molar-refractivity contribution >= 4 is 21.9 Å². The number of hydrogen-bond donors (Lipinski definition) is 2. The second kappa shape index (κ2) is 8.55. The smallest absolute Gasteiger partial charge is 0.324 e. The number of sulfonamides is 1. The Morgan fingerprint density at radius 1 is 1.33 bits per heavy atom. The number of ether oxygens (including phenoxy) is 1. The second-order valence-corrected chi connectivity index (χ2v) is 6.57. The van der Waals surface area contributed by atoms with Crippen LogP contribution in [-0.4, -0.2) is 39.0 Å². The number of amides is 1. The standard InChI is InChI=1S/C15H19FN2O5S/c1-4-9-17-14(19)11(3)23-15(20)10(2)18-24(21,22)13-8-6-5-7-12(13)16/h4-8,10-11,18H,1,9H2,2-3H3,(H,17,19)/t10-,11+/m0/s1. The Morgan fingerprint density at radius 3 is 2.54 bits per heavy atom. The maximum atomic E-state index is 13.6. The molecule has 0 heterocycles. The summed E-state index contributed by atoms with van der Waals surface area (Å²) in [7, 11) is -4.25. The van der Waals surface area contributed by atoms with Gasteiger partial charge in [-0.3, -0.25) is 9.59 Å². The Bertz CT molecular complexity index is 720. The molecule has 0 saturated carbocycles. The van der Waals surface area contributed by atoms with E-state index in [9.17, 15) is 22.4 Å². The summed E-state index contributed by atoms with van der Waals surface area (Å²) in [6.45, 7) is 6.21. The molecule has 1 rings (SSSR count). The first kappa shape index (κ1) is 19.8. The summed E-state index contributed by atoms with van der Waals surface area (Å²) < 4.78 is 44.6. The van der Waals surface area contributed by atoms with Gasteiger partial charge in [0, 0.05) is 6.54 Å². The predicted molar refractivity (Wildman–Crippen MR) is 84.9 cm³/mol. The zero-order valence-electron chi connectivity index (χ0n) is 13.3. The van der Waals surface area contributed by atoms with Gasteiger partial charge in [0.05, 0.1) is 0 Å². The van der Waals surface area contributed by atoms with Crippen molar-refractivity contribution in [3.8, 4) is 0 Å². The minimum absolute atomic E-state index is 0.205. The largest absolute Gasteiger partial charge is 0.451 e. The molecule has 0 aromatic heterocycles. The lowest BCUT2D eigenvalue weighted by atomic mass is 10.3. The first-order chi connectivity index (χ1) is 11.2. The van der Waals surface area contributed by atoms with Crippen molar-refractivity contribution in [3.05, 3.63) is 42.7 Å². The number of carbonyl (C=O) groups excluding carboxylic acids is 2. The number of carbonyl (C=O) groups is 2. The van der Waals surface area contributed by atoms with Gasteiger partial charge in [0.25, 0.3) is 5.91 Å². The lowest BCUT2D eigenvalue weighted by Gasteiger charge is -2.17. The molecule has 0 fully saturated rings. The molecule has 0 aliphatic rings. The Labute approximate surface area is 139 Å². The minimum Gasteiger partial charge on any atom is -0.451 e. The van der Waals surface area contributed by atoms with Gasteiger partial charge in [-0.05, 0) is 26.0 Å². The Hall–Kier alpha value is -2.26. The predicted octanol–water partition coefficient (Wildman–Crippen LogP) is 0.726. The molecular weight excluding hydrogens is 339 g/mol. The minimum atomic E-state index is -4.25. The first-order valence-corrected chi connectivity index (χ1v) is 8.53. The molecule has 0 saturated heterocycles. The van der Waals surface area contributed by atoms with E-state index < -0.39 is 44.8 Å². The van der Waals surface area contributed by atoms with E-state index in [1.165, 1.54) is 32.1 Å². The van der Waals surface area contributed by atoms with E-state index in [-0.39, 0.29) is 6.54 Å². The molecule has 1 aromatic carbocycles. The number of hydrogen-bond acceptors (Lipinski definition) is 5. The second-order valence-electron chi connectivity index (χ2n) is 4.89. The van der Waals surface area contributed by atoms with Gasteiger partial charge in [0.1, 0.15) is 16.8 Å². The summed E-state index contributed by atoms with van der Waals surface area (Å²) in [5.74, 6) is -2.45. The summed E-state index contributed by atoms with van der Waals surface area (Å²) in [4.78, 5) is 22.9. The van der Waals surface area contributed by atoms with E-state index in [0.717, 1.165) is 12.1 Å². The molecule has 0 aliphatic heterocycles. The van der Waals surface area contributed by atoms with Gasteiger partial charge in [0.15, 0.2) is 6.10 Å². The molecule has 0 radical (unpaired) electrons. The summed E-state index contributed by atoms with van der Waals surface area (Å²) in [6.07, 6.45) is 0.343. The number of esters is 1. The van der Waals surface area contributed by atoms with Crippen LogP contribution in [0.1, 0.15) is 13.8 Å². The number of halogens is 1. The van der Waals surface area contributed by atoms with Crippen molar-refractivity contribution in [2.75, 3.05) is 6.54 Å². The van der Waals surface area contributed by atoms with Crippen LogP contribution in [0.25, 0.3) is 0 Å². The van der Waals surface area contributed by atoms with Crippen LogP contribution in [0.4, 0.5) is 4.39 Å². The molecule has 132 valence electrons. The quantitative estimate of drug-likeness (QED) is 0.527. The number of nitrogens with one attached hydrogen (secondary N) is 2. The molecule has 24 heavy (non-hydrogen) atoms. The Balaban J connectivity index is 2.71. The molecule has 0 bridgehead atoms. The van der Waals surface area contributed by atoms with Gasteiger partial charge in [-0.2, -0.15) is 4.72 Å². The molecule has 9 heteroatoms. The van der Waals surface area contributed by atoms with E-state index in [1.807, 2.05) is 4.72 Å². The number of rotatable bonds is 8. The Morgan fingerprint density at radius 2 is 1.96 bits per heavy atom. The fourth-order valence-electron chi connectivity index (χ4n) is 1.65. The maximum absolute atomic E-state index is 13.6. The van der Waals surface area contributed by atoms with E-state index >= 15 is 0 Å².